The summed E-state index contributed by atoms with van der Waals surface area (Å²) in [7, 11) is 0. The second-order valence-electron chi connectivity index (χ2n) is 6.89. The van der Waals surface area contributed by atoms with E-state index in [0.717, 1.165) is 16.7 Å². The van der Waals surface area contributed by atoms with Crippen molar-refractivity contribution in [2.24, 2.45) is 11.8 Å². The lowest BCUT2D eigenvalue weighted by Gasteiger charge is -2.22. The fourth-order valence-electron chi connectivity index (χ4n) is 2.73. The zero-order valence-corrected chi connectivity index (χ0v) is 14.8. The number of ether oxygens (including phenoxy) is 1. The van der Waals surface area contributed by atoms with Gasteiger partial charge in [-0.25, -0.2) is 0 Å². The Balaban J connectivity index is 3.07. The first-order valence-electron chi connectivity index (χ1n) is 7.95. The van der Waals surface area contributed by atoms with Crippen molar-refractivity contribution in [3.63, 3.8) is 0 Å². The Kier molecular flexibility index (Phi) is 6.34. The molecule has 0 spiro atoms. The van der Waals surface area contributed by atoms with E-state index in [0.29, 0.717) is 12.0 Å². The van der Waals surface area contributed by atoms with E-state index < -0.39 is 6.10 Å². The minimum absolute atomic E-state index is 0.0521. The van der Waals surface area contributed by atoms with E-state index in [-0.39, 0.29) is 23.6 Å². The van der Waals surface area contributed by atoms with Crippen molar-refractivity contribution in [3.05, 3.63) is 34.4 Å². The first-order valence-corrected chi connectivity index (χ1v) is 7.95. The van der Waals surface area contributed by atoms with E-state index in [1.54, 1.807) is 0 Å². The van der Waals surface area contributed by atoms with Crippen LogP contribution in [0.5, 0.6) is 0 Å². The van der Waals surface area contributed by atoms with Gasteiger partial charge in [0.1, 0.15) is 0 Å². The highest BCUT2D eigenvalue weighted by molar-refractivity contribution is 6.03. The van der Waals surface area contributed by atoms with E-state index in [4.69, 9.17) is 4.74 Å². The number of hydrogen-bond acceptors (Lipinski definition) is 3. The predicted octanol–water partition coefficient (Wildman–Crippen LogP) is 4.41. The maximum Gasteiger partial charge on any atom is 0.306 e. The Labute approximate surface area is 134 Å². The largest absolute Gasteiger partial charge is 0.454 e. The fraction of sp³-hybridized carbons (Fsp3) is 0.579. The van der Waals surface area contributed by atoms with Gasteiger partial charge in [0.05, 0.1) is 0 Å². The lowest BCUT2D eigenvalue weighted by atomic mass is 9.90. The maximum atomic E-state index is 12.9. The summed E-state index contributed by atoms with van der Waals surface area (Å²) in [6.45, 7) is 13.6. The van der Waals surface area contributed by atoms with Crippen molar-refractivity contribution >= 4 is 11.8 Å². The Morgan fingerprint density at radius 3 is 1.91 bits per heavy atom. The number of esters is 1. The average molecular weight is 304 g/mol. The molecule has 1 unspecified atom stereocenters. The highest BCUT2D eigenvalue weighted by Gasteiger charge is 2.29. The topological polar surface area (TPSA) is 43.4 Å². The molecule has 1 aromatic carbocycles. The molecule has 0 bridgehead atoms. The molecule has 1 rings (SSSR count). The number of Topliss-reactive ketones (excluding diaryl/α,β-unsaturated/α-hetero) is 1. The van der Waals surface area contributed by atoms with Gasteiger partial charge in [-0.2, -0.15) is 0 Å². The van der Waals surface area contributed by atoms with Crippen LogP contribution >= 0.6 is 0 Å². The number of ketones is 1. The molecule has 0 saturated carbocycles. The van der Waals surface area contributed by atoms with Gasteiger partial charge in [0.15, 0.2) is 6.10 Å². The van der Waals surface area contributed by atoms with Gasteiger partial charge in [0.2, 0.25) is 5.78 Å². The predicted molar refractivity (Wildman–Crippen MR) is 89.2 cm³/mol. The molecular weight excluding hydrogens is 276 g/mol. The highest BCUT2D eigenvalue weighted by atomic mass is 16.5. The lowest BCUT2D eigenvalue weighted by molar-refractivity contribution is -0.149. The molecule has 3 heteroatoms. The van der Waals surface area contributed by atoms with E-state index in [1.807, 2.05) is 60.6 Å². The number of rotatable bonds is 6. The van der Waals surface area contributed by atoms with E-state index >= 15 is 0 Å². The van der Waals surface area contributed by atoms with Crippen LogP contribution in [0, 0.1) is 32.6 Å². The zero-order chi connectivity index (χ0) is 17.0. The van der Waals surface area contributed by atoms with Crippen LogP contribution in [-0.2, 0) is 9.53 Å². The van der Waals surface area contributed by atoms with Crippen LogP contribution in [0.25, 0.3) is 0 Å². The van der Waals surface area contributed by atoms with Gasteiger partial charge in [0, 0.05) is 12.0 Å². The zero-order valence-electron chi connectivity index (χ0n) is 14.8. The van der Waals surface area contributed by atoms with E-state index in [9.17, 15) is 9.59 Å². The molecule has 0 aliphatic heterocycles. The van der Waals surface area contributed by atoms with E-state index in [1.165, 1.54) is 0 Å². The molecule has 0 aliphatic carbocycles. The SMILES string of the molecule is Cc1cc(C)c(C(=O)C(OC(=O)CC(C)C)C(C)C)c(C)c1. The van der Waals surface area contributed by atoms with Gasteiger partial charge in [0.25, 0.3) is 0 Å². The Morgan fingerprint density at radius 2 is 1.50 bits per heavy atom. The third-order valence-electron chi connectivity index (χ3n) is 3.62. The summed E-state index contributed by atoms with van der Waals surface area (Å²) in [6, 6.07) is 3.99. The fourth-order valence-corrected chi connectivity index (χ4v) is 2.73. The van der Waals surface area contributed by atoms with Crippen LogP contribution in [-0.4, -0.2) is 17.9 Å². The van der Waals surface area contributed by atoms with Crippen molar-refractivity contribution in [3.8, 4) is 0 Å². The number of carbonyl (C=O) groups excluding carboxylic acids is 2. The summed E-state index contributed by atoms with van der Waals surface area (Å²) < 4.78 is 5.49. The van der Waals surface area contributed by atoms with Crippen LogP contribution in [0.4, 0.5) is 0 Å². The number of hydrogen-bond donors (Lipinski definition) is 0. The number of carbonyl (C=O) groups is 2. The number of benzene rings is 1. The molecule has 1 atom stereocenters. The molecule has 0 aliphatic rings. The quantitative estimate of drug-likeness (QED) is 0.577. The molecule has 0 fully saturated rings. The van der Waals surface area contributed by atoms with Crippen LogP contribution in [0.2, 0.25) is 0 Å². The van der Waals surface area contributed by atoms with Crippen LogP contribution in [0.3, 0.4) is 0 Å². The molecule has 122 valence electrons. The minimum atomic E-state index is -0.716. The molecule has 1 aromatic rings. The van der Waals surface area contributed by atoms with Gasteiger partial charge in [-0.1, -0.05) is 45.4 Å². The molecular formula is C19H28O3. The lowest BCUT2D eigenvalue weighted by Crippen LogP contribution is -2.33. The molecule has 0 saturated heterocycles. The molecule has 0 N–H and O–H groups in total. The summed E-state index contributed by atoms with van der Waals surface area (Å²) in [4.78, 5) is 24.8. The van der Waals surface area contributed by atoms with Crippen molar-refractivity contribution in [1.29, 1.82) is 0 Å². The van der Waals surface area contributed by atoms with Crippen LogP contribution in [0.1, 0.15) is 61.2 Å². The molecule has 0 aromatic heterocycles. The van der Waals surface area contributed by atoms with Gasteiger partial charge in [-0.3, -0.25) is 9.59 Å². The third kappa shape index (κ3) is 4.69. The molecule has 0 radical (unpaired) electrons. The van der Waals surface area contributed by atoms with Gasteiger partial charge in [-0.15, -0.1) is 0 Å². The van der Waals surface area contributed by atoms with Gasteiger partial charge < -0.3 is 4.74 Å². The monoisotopic (exact) mass is 304 g/mol. The Morgan fingerprint density at radius 1 is 1.00 bits per heavy atom. The van der Waals surface area contributed by atoms with Crippen molar-refractivity contribution in [2.75, 3.05) is 0 Å². The normalized spacial score (nSPS) is 12.6. The average Bonchev–Trinajstić information content (AvgIpc) is 2.33. The summed E-state index contributed by atoms with van der Waals surface area (Å²) in [5.74, 6) is -0.228. The Hall–Kier alpha value is -1.64. The van der Waals surface area contributed by atoms with Crippen LogP contribution in [0.15, 0.2) is 12.1 Å². The first kappa shape index (κ1) is 18.4. The summed E-state index contributed by atoms with van der Waals surface area (Å²) >= 11 is 0. The number of aryl methyl sites for hydroxylation is 3. The highest BCUT2D eigenvalue weighted by Crippen LogP contribution is 2.22. The van der Waals surface area contributed by atoms with Gasteiger partial charge >= 0.3 is 5.97 Å². The van der Waals surface area contributed by atoms with Gasteiger partial charge in [-0.05, 0) is 43.7 Å². The minimum Gasteiger partial charge on any atom is -0.454 e. The third-order valence-corrected chi connectivity index (χ3v) is 3.62. The van der Waals surface area contributed by atoms with Crippen molar-refractivity contribution in [2.45, 2.75) is 61.0 Å². The molecule has 0 heterocycles. The second kappa shape index (κ2) is 7.57. The standard InChI is InChI=1S/C19H28O3/c1-11(2)8-16(20)22-19(12(3)4)18(21)17-14(6)9-13(5)10-15(17)7/h9-12,19H,8H2,1-7H3. The second-order valence-corrected chi connectivity index (χ2v) is 6.89. The Bertz CT molecular complexity index is 533. The maximum absolute atomic E-state index is 12.9. The summed E-state index contributed by atoms with van der Waals surface area (Å²) in [5, 5.41) is 0. The van der Waals surface area contributed by atoms with Crippen molar-refractivity contribution in [1.82, 2.24) is 0 Å². The first-order chi connectivity index (χ1) is 10.1. The molecule has 22 heavy (non-hydrogen) atoms. The van der Waals surface area contributed by atoms with E-state index in [2.05, 4.69) is 0 Å². The summed E-state index contributed by atoms with van der Waals surface area (Å²) in [5.41, 5.74) is 3.69. The smallest absolute Gasteiger partial charge is 0.306 e. The summed E-state index contributed by atoms with van der Waals surface area (Å²) in [6.07, 6.45) is -0.381. The molecule has 0 amide bonds. The van der Waals surface area contributed by atoms with Crippen LogP contribution < -0.4 is 0 Å². The van der Waals surface area contributed by atoms with Crippen molar-refractivity contribution < 1.29 is 14.3 Å². The molecule has 3 nitrogen and oxygen atoms in total.